The van der Waals surface area contributed by atoms with E-state index in [9.17, 15) is 8.42 Å². The van der Waals surface area contributed by atoms with Crippen LogP contribution in [0, 0.1) is 6.92 Å². The summed E-state index contributed by atoms with van der Waals surface area (Å²) in [6.45, 7) is 1.84. The molecule has 0 radical (unpaired) electrons. The van der Waals surface area contributed by atoms with Gasteiger partial charge in [-0.3, -0.25) is 0 Å². The quantitative estimate of drug-likeness (QED) is 0.902. The third-order valence-electron chi connectivity index (χ3n) is 1.87. The molecule has 86 valence electrons. The fourth-order valence-corrected chi connectivity index (χ4v) is 3.18. The van der Waals surface area contributed by atoms with Crippen molar-refractivity contribution in [2.24, 2.45) is 0 Å². The molecular weight excluding hydrogens is 248 g/mol. The molecular formula is C9H10N2O3S2. The van der Waals surface area contributed by atoms with E-state index in [4.69, 9.17) is 4.42 Å². The Morgan fingerprint density at radius 1 is 1.56 bits per heavy atom. The van der Waals surface area contributed by atoms with Gasteiger partial charge in [-0.15, -0.1) is 11.3 Å². The van der Waals surface area contributed by atoms with Crippen molar-refractivity contribution in [1.82, 2.24) is 9.71 Å². The van der Waals surface area contributed by atoms with E-state index in [1.54, 1.807) is 24.4 Å². The first-order valence-corrected chi connectivity index (χ1v) is 6.88. The Morgan fingerprint density at radius 2 is 2.38 bits per heavy atom. The lowest BCUT2D eigenvalue weighted by atomic mass is 10.5. The summed E-state index contributed by atoms with van der Waals surface area (Å²) >= 11 is 1.18. The molecule has 2 heterocycles. The van der Waals surface area contributed by atoms with E-state index in [2.05, 4.69) is 9.71 Å². The van der Waals surface area contributed by atoms with E-state index in [0.717, 1.165) is 0 Å². The molecule has 0 atom stereocenters. The van der Waals surface area contributed by atoms with E-state index < -0.39 is 10.0 Å². The van der Waals surface area contributed by atoms with Crippen molar-refractivity contribution in [3.63, 3.8) is 0 Å². The second-order valence-corrected chi connectivity index (χ2v) is 6.06. The minimum atomic E-state index is -3.42. The van der Waals surface area contributed by atoms with Gasteiger partial charge in [0.1, 0.15) is 10.5 Å². The average Bonchev–Trinajstić information content (AvgIpc) is 2.85. The van der Waals surface area contributed by atoms with Gasteiger partial charge in [-0.25, -0.2) is 18.1 Å². The number of hydrogen-bond donors (Lipinski definition) is 1. The topological polar surface area (TPSA) is 72.2 Å². The fourth-order valence-electron chi connectivity index (χ4n) is 1.15. The Hall–Kier alpha value is -1.18. The SMILES string of the molecule is Cc1nc(CNS(=O)(=O)c2cccs2)co1. The van der Waals surface area contributed by atoms with Gasteiger partial charge in [0, 0.05) is 6.92 Å². The number of aromatic nitrogens is 1. The smallest absolute Gasteiger partial charge is 0.250 e. The Morgan fingerprint density at radius 3 is 2.94 bits per heavy atom. The normalized spacial score (nSPS) is 11.8. The first-order valence-electron chi connectivity index (χ1n) is 4.52. The summed E-state index contributed by atoms with van der Waals surface area (Å²) < 4.78 is 31.2. The molecule has 0 amide bonds. The monoisotopic (exact) mass is 258 g/mol. The molecule has 5 nitrogen and oxygen atoms in total. The third-order valence-corrected chi connectivity index (χ3v) is 4.67. The molecule has 7 heteroatoms. The van der Waals surface area contributed by atoms with Gasteiger partial charge in [0.15, 0.2) is 5.89 Å². The van der Waals surface area contributed by atoms with Crippen molar-refractivity contribution in [2.75, 3.05) is 0 Å². The molecule has 0 unspecified atom stereocenters. The van der Waals surface area contributed by atoms with Gasteiger partial charge >= 0.3 is 0 Å². The largest absolute Gasteiger partial charge is 0.449 e. The molecule has 0 saturated carbocycles. The Kier molecular flexibility index (Phi) is 3.08. The molecule has 0 aliphatic carbocycles. The summed E-state index contributed by atoms with van der Waals surface area (Å²) in [5.41, 5.74) is 0.567. The lowest BCUT2D eigenvalue weighted by Crippen LogP contribution is -2.22. The summed E-state index contributed by atoms with van der Waals surface area (Å²) in [6, 6.07) is 3.25. The highest BCUT2D eigenvalue weighted by atomic mass is 32.2. The Labute approximate surface area is 97.2 Å². The molecule has 0 spiro atoms. The van der Waals surface area contributed by atoms with Gasteiger partial charge in [0.05, 0.1) is 12.2 Å². The molecule has 0 fully saturated rings. The van der Waals surface area contributed by atoms with Gasteiger partial charge in [-0.1, -0.05) is 6.07 Å². The van der Waals surface area contributed by atoms with Crippen molar-refractivity contribution < 1.29 is 12.8 Å². The highest BCUT2D eigenvalue weighted by Crippen LogP contribution is 2.15. The number of rotatable bonds is 4. The number of sulfonamides is 1. The lowest BCUT2D eigenvalue weighted by molar-refractivity contribution is 0.520. The maximum atomic E-state index is 11.7. The number of aryl methyl sites for hydroxylation is 1. The highest BCUT2D eigenvalue weighted by Gasteiger charge is 2.15. The minimum absolute atomic E-state index is 0.136. The van der Waals surface area contributed by atoms with Crippen molar-refractivity contribution in [2.45, 2.75) is 17.7 Å². The summed E-state index contributed by atoms with van der Waals surface area (Å²) in [7, 11) is -3.42. The lowest BCUT2D eigenvalue weighted by Gasteiger charge is -2.01. The van der Waals surface area contributed by atoms with Crippen LogP contribution in [0.5, 0.6) is 0 Å². The zero-order valence-corrected chi connectivity index (χ0v) is 10.1. The second-order valence-electron chi connectivity index (χ2n) is 3.11. The van der Waals surface area contributed by atoms with Crippen LogP contribution in [-0.2, 0) is 16.6 Å². The molecule has 2 aromatic heterocycles. The summed E-state index contributed by atoms with van der Waals surface area (Å²) in [5.74, 6) is 0.519. The minimum Gasteiger partial charge on any atom is -0.449 e. The standard InChI is InChI=1S/C9H10N2O3S2/c1-7-11-8(6-14-7)5-10-16(12,13)9-3-2-4-15-9/h2-4,6,10H,5H2,1H3. The first kappa shape index (κ1) is 11.3. The van der Waals surface area contributed by atoms with Crippen LogP contribution in [0.3, 0.4) is 0 Å². The number of nitrogens with one attached hydrogen (secondary N) is 1. The van der Waals surface area contributed by atoms with Gasteiger partial charge in [-0.05, 0) is 11.4 Å². The van der Waals surface area contributed by atoms with Gasteiger partial charge in [0.25, 0.3) is 0 Å². The van der Waals surface area contributed by atoms with Crippen LogP contribution in [0.1, 0.15) is 11.6 Å². The number of thiophene rings is 1. The second kappa shape index (κ2) is 4.36. The molecule has 2 aromatic rings. The molecule has 0 saturated heterocycles. The Bertz CT molecular complexity index is 557. The van der Waals surface area contributed by atoms with Crippen molar-refractivity contribution in [1.29, 1.82) is 0 Å². The Balaban J connectivity index is 2.06. The highest BCUT2D eigenvalue weighted by molar-refractivity contribution is 7.91. The van der Waals surface area contributed by atoms with Crippen LogP contribution in [-0.4, -0.2) is 13.4 Å². The van der Waals surface area contributed by atoms with E-state index >= 15 is 0 Å². The van der Waals surface area contributed by atoms with E-state index in [1.165, 1.54) is 17.6 Å². The molecule has 0 aliphatic rings. The van der Waals surface area contributed by atoms with Crippen molar-refractivity contribution in [3.8, 4) is 0 Å². The van der Waals surface area contributed by atoms with Gasteiger partial charge < -0.3 is 4.42 Å². The first-order chi connectivity index (χ1) is 7.58. The zero-order chi connectivity index (χ0) is 11.6. The van der Waals surface area contributed by atoms with E-state index in [0.29, 0.717) is 15.8 Å². The molecule has 0 aromatic carbocycles. The van der Waals surface area contributed by atoms with Crippen molar-refractivity contribution in [3.05, 3.63) is 35.4 Å². The predicted molar refractivity (Wildman–Crippen MR) is 59.6 cm³/mol. The number of hydrogen-bond acceptors (Lipinski definition) is 5. The van der Waals surface area contributed by atoms with Crippen LogP contribution in [0.25, 0.3) is 0 Å². The van der Waals surface area contributed by atoms with Crippen LogP contribution in [0.15, 0.2) is 32.4 Å². The van der Waals surface area contributed by atoms with E-state index in [-0.39, 0.29) is 6.54 Å². The maximum Gasteiger partial charge on any atom is 0.250 e. The molecule has 16 heavy (non-hydrogen) atoms. The third kappa shape index (κ3) is 2.49. The zero-order valence-electron chi connectivity index (χ0n) is 8.50. The maximum absolute atomic E-state index is 11.7. The predicted octanol–water partition coefficient (Wildman–Crippen LogP) is 1.52. The van der Waals surface area contributed by atoms with E-state index in [1.807, 2.05) is 0 Å². The molecule has 0 bridgehead atoms. The summed E-state index contributed by atoms with van der Waals surface area (Å²) in [4.78, 5) is 4.00. The van der Waals surface area contributed by atoms with Gasteiger partial charge in [-0.2, -0.15) is 0 Å². The van der Waals surface area contributed by atoms with Gasteiger partial charge in [0.2, 0.25) is 10.0 Å². The van der Waals surface area contributed by atoms with Crippen LogP contribution < -0.4 is 4.72 Å². The summed E-state index contributed by atoms with van der Waals surface area (Å²) in [5, 5.41) is 1.72. The fraction of sp³-hybridized carbons (Fsp3) is 0.222. The van der Waals surface area contributed by atoms with Crippen LogP contribution in [0.4, 0.5) is 0 Å². The molecule has 1 N–H and O–H groups in total. The molecule has 0 aliphatic heterocycles. The van der Waals surface area contributed by atoms with Crippen molar-refractivity contribution >= 4 is 21.4 Å². The van der Waals surface area contributed by atoms with Crippen LogP contribution >= 0.6 is 11.3 Å². The number of nitrogens with zero attached hydrogens (tertiary/aromatic N) is 1. The summed E-state index contributed by atoms with van der Waals surface area (Å²) in [6.07, 6.45) is 1.44. The number of oxazole rings is 1. The molecule has 2 rings (SSSR count). The average molecular weight is 258 g/mol. The van der Waals surface area contributed by atoms with Crippen LogP contribution in [0.2, 0.25) is 0 Å².